The van der Waals surface area contributed by atoms with E-state index in [9.17, 15) is 9.90 Å². The van der Waals surface area contributed by atoms with Gasteiger partial charge in [-0.2, -0.15) is 0 Å². The Balaban J connectivity index is 2.15. The van der Waals surface area contributed by atoms with Crippen molar-refractivity contribution < 1.29 is 9.90 Å². The van der Waals surface area contributed by atoms with Crippen LogP contribution in [0.2, 0.25) is 0 Å². The van der Waals surface area contributed by atoms with Crippen LogP contribution in [0.3, 0.4) is 0 Å². The van der Waals surface area contributed by atoms with Crippen molar-refractivity contribution in [1.29, 1.82) is 0 Å². The lowest BCUT2D eigenvalue weighted by molar-refractivity contribution is 0.106. The van der Waals surface area contributed by atoms with Gasteiger partial charge >= 0.3 is 0 Å². The highest BCUT2D eigenvalue weighted by Crippen LogP contribution is 2.39. The summed E-state index contributed by atoms with van der Waals surface area (Å²) in [6, 6.07) is 9.06. The molecular formula is C19H20BrN4O2+. The number of nitrogens with two attached hydrogens (primary N) is 2. The Morgan fingerprint density at radius 2 is 1.81 bits per heavy atom. The number of allylic oxidation sites excluding steroid dienone is 1. The first-order valence-electron chi connectivity index (χ1n) is 7.93. The van der Waals surface area contributed by atoms with Crippen LogP contribution in [0.4, 0.5) is 17.1 Å². The van der Waals surface area contributed by atoms with Crippen LogP contribution < -0.4 is 16.0 Å². The highest BCUT2D eigenvalue weighted by Gasteiger charge is 2.29. The van der Waals surface area contributed by atoms with Crippen molar-refractivity contribution in [3.63, 3.8) is 0 Å². The van der Waals surface area contributed by atoms with E-state index in [1.807, 2.05) is 45.4 Å². The number of phenolic OH excluding ortho intramolecular Hbond substituents is 1. The summed E-state index contributed by atoms with van der Waals surface area (Å²) < 4.78 is 1.06. The molecule has 0 bridgehead atoms. The third kappa shape index (κ3) is 3.11. The van der Waals surface area contributed by atoms with Gasteiger partial charge in [-0.1, -0.05) is 6.07 Å². The van der Waals surface area contributed by atoms with Gasteiger partial charge in [-0.05, 0) is 40.2 Å². The van der Waals surface area contributed by atoms with Gasteiger partial charge in [0.1, 0.15) is 17.1 Å². The van der Waals surface area contributed by atoms with Crippen LogP contribution in [-0.2, 0) is 0 Å². The van der Waals surface area contributed by atoms with Crippen LogP contribution in [0.1, 0.15) is 15.9 Å². The van der Waals surface area contributed by atoms with Crippen molar-refractivity contribution in [2.75, 3.05) is 26.9 Å². The molecular weight excluding hydrogens is 396 g/mol. The number of anilines is 1. The number of phenols is 1. The number of ketones is 1. The summed E-state index contributed by atoms with van der Waals surface area (Å²) in [6.45, 7) is 0. The zero-order chi connectivity index (χ0) is 19.2. The topological polar surface area (TPSA) is 102 Å². The molecule has 5 N–H and O–H groups in total. The number of rotatable bonds is 2. The maximum atomic E-state index is 12.9. The highest BCUT2D eigenvalue weighted by molar-refractivity contribution is 9.10. The van der Waals surface area contributed by atoms with Gasteiger partial charge in [0.15, 0.2) is 0 Å². The largest absolute Gasteiger partial charge is 0.507 e. The Kier molecular flexibility index (Phi) is 4.37. The molecule has 1 aliphatic rings. The molecule has 0 radical (unpaired) electrons. The van der Waals surface area contributed by atoms with Gasteiger partial charge in [0.2, 0.25) is 5.78 Å². The summed E-state index contributed by atoms with van der Waals surface area (Å²) in [4.78, 5) is 17.4. The number of nitrogens with zero attached hydrogens (tertiary/aromatic N) is 2. The maximum Gasteiger partial charge on any atom is 0.214 e. The smallest absolute Gasteiger partial charge is 0.214 e. The molecule has 2 aromatic carbocycles. The lowest BCUT2D eigenvalue weighted by Gasteiger charge is -2.23. The first kappa shape index (κ1) is 18.2. The molecule has 0 amide bonds. The molecule has 1 aliphatic carbocycles. The lowest BCUT2D eigenvalue weighted by atomic mass is 9.90. The van der Waals surface area contributed by atoms with E-state index in [-0.39, 0.29) is 39.8 Å². The number of aromatic hydroxyl groups is 1. The minimum atomic E-state index is -0.376. The monoisotopic (exact) mass is 415 g/mol. The van der Waals surface area contributed by atoms with Crippen molar-refractivity contribution in [2.45, 2.75) is 0 Å². The lowest BCUT2D eigenvalue weighted by Crippen LogP contribution is -2.34. The molecule has 0 heterocycles. The van der Waals surface area contributed by atoms with Crippen molar-refractivity contribution in [3.8, 4) is 5.75 Å². The Labute approximate surface area is 160 Å². The maximum absolute atomic E-state index is 12.9. The molecule has 0 saturated carbocycles. The van der Waals surface area contributed by atoms with E-state index in [0.29, 0.717) is 14.6 Å². The number of carbonyl (C=O) groups is 1. The second-order valence-electron chi connectivity index (χ2n) is 7.00. The molecule has 2 aromatic rings. The van der Waals surface area contributed by atoms with E-state index >= 15 is 0 Å². The molecule has 0 fully saturated rings. The number of hydrogen-bond donors (Lipinski definition) is 3. The van der Waals surface area contributed by atoms with Gasteiger partial charge in [0.05, 0.1) is 43.6 Å². The summed E-state index contributed by atoms with van der Waals surface area (Å²) in [7, 11) is 6.15. The fourth-order valence-corrected chi connectivity index (χ4v) is 3.21. The summed E-state index contributed by atoms with van der Waals surface area (Å²) in [5.41, 5.74) is 14.9. The van der Waals surface area contributed by atoms with Crippen LogP contribution in [0.25, 0.3) is 5.70 Å². The number of halogens is 1. The highest BCUT2D eigenvalue weighted by atomic mass is 79.9. The average Bonchev–Trinajstić information content (AvgIpc) is 2.55. The van der Waals surface area contributed by atoms with Gasteiger partial charge in [0, 0.05) is 16.2 Å². The van der Waals surface area contributed by atoms with Crippen molar-refractivity contribution in [1.82, 2.24) is 4.48 Å². The third-order valence-electron chi connectivity index (χ3n) is 4.19. The van der Waals surface area contributed by atoms with Gasteiger partial charge in [-0.3, -0.25) is 9.28 Å². The predicted molar refractivity (Wildman–Crippen MR) is 110 cm³/mol. The molecule has 3 rings (SSSR count). The Morgan fingerprint density at radius 1 is 1.12 bits per heavy atom. The summed E-state index contributed by atoms with van der Waals surface area (Å²) >= 11 is 3.25. The fraction of sp³-hybridized carbons (Fsp3) is 0.158. The molecule has 134 valence electrons. The number of hydrogen-bond acceptors (Lipinski definition) is 5. The number of fused-ring (bicyclic) bond motifs is 1. The molecule has 0 aromatic heterocycles. The Bertz CT molecular complexity index is 988. The molecule has 0 atom stereocenters. The minimum absolute atomic E-state index is 0.103. The van der Waals surface area contributed by atoms with Crippen LogP contribution in [-0.4, -0.2) is 37.7 Å². The van der Waals surface area contributed by atoms with E-state index in [0.717, 1.165) is 5.69 Å². The van der Waals surface area contributed by atoms with Crippen LogP contribution in [0, 0.1) is 0 Å². The van der Waals surface area contributed by atoms with E-state index in [1.165, 1.54) is 12.1 Å². The fourth-order valence-electron chi connectivity index (χ4n) is 2.80. The molecule has 6 nitrogen and oxygen atoms in total. The molecule has 0 spiro atoms. The Hall–Kier alpha value is -2.64. The number of nitrogen functional groups attached to an aromatic ring is 1. The molecule has 7 heteroatoms. The van der Waals surface area contributed by atoms with Crippen LogP contribution in [0.5, 0.6) is 5.75 Å². The van der Waals surface area contributed by atoms with Crippen molar-refractivity contribution >= 4 is 50.2 Å². The van der Waals surface area contributed by atoms with E-state index < -0.39 is 0 Å². The number of aliphatic imine (C=N–C) groups is 1. The van der Waals surface area contributed by atoms with E-state index in [4.69, 9.17) is 11.5 Å². The normalized spacial score (nSPS) is 15.8. The second-order valence-corrected chi connectivity index (χ2v) is 7.85. The molecule has 0 aliphatic heterocycles. The van der Waals surface area contributed by atoms with Gasteiger partial charge in [0.25, 0.3) is 0 Å². The SMILES string of the molecule is C[N+](C)(C)c1cccc(N=C2C=C(N)c3c(O)cc(Br)c(N)c3C2=O)c1. The van der Waals surface area contributed by atoms with E-state index in [2.05, 4.69) is 20.9 Å². The molecule has 0 unspecified atom stereocenters. The summed E-state index contributed by atoms with van der Waals surface area (Å²) in [5.74, 6) is -0.479. The Morgan fingerprint density at radius 3 is 2.46 bits per heavy atom. The third-order valence-corrected chi connectivity index (χ3v) is 4.85. The molecule has 26 heavy (non-hydrogen) atoms. The first-order chi connectivity index (χ1) is 12.1. The quantitative estimate of drug-likeness (QED) is 0.398. The van der Waals surface area contributed by atoms with Gasteiger partial charge in [-0.25, -0.2) is 4.99 Å². The van der Waals surface area contributed by atoms with Crippen LogP contribution in [0.15, 0.2) is 45.9 Å². The van der Waals surface area contributed by atoms with E-state index in [1.54, 1.807) is 0 Å². The average molecular weight is 416 g/mol. The number of benzene rings is 2. The first-order valence-corrected chi connectivity index (χ1v) is 8.73. The van der Waals surface area contributed by atoms with Gasteiger partial charge < -0.3 is 16.6 Å². The predicted octanol–water partition coefficient (Wildman–Crippen LogP) is 3.20. The standard InChI is InChI=1S/C19H19BrN4O2/c1-24(2,3)11-6-4-5-10(7-11)23-14-9-13(21)16-15(25)8-12(20)18(22)17(16)19(14)26/h4-9H,1-3H3,(H4-,21,22,23,25,26)/p+1. The van der Waals surface area contributed by atoms with Crippen molar-refractivity contribution in [3.05, 3.63) is 52.0 Å². The van der Waals surface area contributed by atoms with Crippen molar-refractivity contribution in [2.24, 2.45) is 10.7 Å². The number of carbonyl (C=O) groups excluding carboxylic acids is 1. The minimum Gasteiger partial charge on any atom is -0.507 e. The van der Waals surface area contributed by atoms with Crippen LogP contribution >= 0.6 is 15.9 Å². The second kappa shape index (κ2) is 6.26. The number of quaternary nitrogens is 1. The molecule has 0 saturated heterocycles. The number of Topliss-reactive ketones (excluding diaryl/α,β-unsaturated/α-hetero) is 1. The zero-order valence-electron chi connectivity index (χ0n) is 14.7. The zero-order valence-corrected chi connectivity index (χ0v) is 16.3. The van der Waals surface area contributed by atoms with Gasteiger partial charge in [-0.15, -0.1) is 0 Å². The summed E-state index contributed by atoms with van der Waals surface area (Å²) in [5, 5.41) is 10.2. The summed E-state index contributed by atoms with van der Waals surface area (Å²) in [6.07, 6.45) is 1.47.